The van der Waals surface area contributed by atoms with Crippen molar-refractivity contribution >= 4 is 21.4 Å². The summed E-state index contributed by atoms with van der Waals surface area (Å²) >= 11 is 0. The summed E-state index contributed by atoms with van der Waals surface area (Å²) in [5, 5.41) is 1.20. The molecular weight excluding hydrogens is 316 g/mol. The highest BCUT2D eigenvalue weighted by atomic mass is 32.2. The van der Waals surface area contributed by atoms with Gasteiger partial charge in [0.25, 0.3) is 0 Å². The van der Waals surface area contributed by atoms with Crippen molar-refractivity contribution in [2.45, 2.75) is 24.1 Å². The van der Waals surface area contributed by atoms with E-state index in [0.29, 0.717) is 18.0 Å². The summed E-state index contributed by atoms with van der Waals surface area (Å²) in [7, 11) is -3.85. The van der Waals surface area contributed by atoms with Crippen LogP contribution in [0.3, 0.4) is 0 Å². The van der Waals surface area contributed by atoms with Gasteiger partial charge in [0.05, 0.1) is 12.3 Å². The van der Waals surface area contributed by atoms with Crippen LogP contribution in [0, 0.1) is 0 Å². The molecule has 0 aliphatic carbocycles. The molecule has 0 aliphatic rings. The van der Waals surface area contributed by atoms with Gasteiger partial charge >= 0.3 is 0 Å². The number of rotatable bonds is 6. The third-order valence-corrected chi connectivity index (χ3v) is 5.18. The van der Waals surface area contributed by atoms with E-state index in [-0.39, 0.29) is 5.03 Å². The Morgan fingerprint density at radius 1 is 1.22 bits per heavy atom. The molecule has 122 valence electrons. The fourth-order valence-corrected chi connectivity index (χ4v) is 3.10. The van der Waals surface area contributed by atoms with Crippen LogP contribution in [0.25, 0.3) is 0 Å². The maximum atomic E-state index is 12.4. The number of pyridine rings is 1. The lowest BCUT2D eigenvalue weighted by atomic mass is 10.3. The Kier molecular flexibility index (Phi) is 5.33. The Balaban J connectivity index is 2.21. The largest absolute Gasteiger partial charge is 0.492 e. The molecule has 1 heterocycles. The second-order valence-electron chi connectivity index (χ2n) is 4.77. The topological polar surface area (TPSA) is 85.4 Å². The molecule has 2 aromatic rings. The molecule has 0 aliphatic heterocycles. The molecule has 0 spiro atoms. The van der Waals surface area contributed by atoms with Gasteiger partial charge in [0.2, 0.25) is 15.7 Å². The quantitative estimate of drug-likeness (QED) is 0.876. The molecule has 1 aromatic heterocycles. The molecule has 1 aromatic carbocycles. The van der Waals surface area contributed by atoms with Crippen molar-refractivity contribution < 1.29 is 17.9 Å². The maximum absolute atomic E-state index is 12.4. The zero-order valence-electron chi connectivity index (χ0n) is 12.9. The normalized spacial score (nSPS) is 12.4. The SMILES string of the molecule is CCOc1ccccc1NC(=O)[C@@H](C)S(=O)(=O)c1ccccn1. The Morgan fingerprint density at radius 2 is 1.91 bits per heavy atom. The smallest absolute Gasteiger partial charge is 0.242 e. The number of hydrogen-bond acceptors (Lipinski definition) is 5. The number of benzene rings is 1. The van der Waals surface area contributed by atoms with Crippen molar-refractivity contribution in [1.29, 1.82) is 0 Å². The summed E-state index contributed by atoms with van der Waals surface area (Å²) in [6.45, 7) is 3.60. The zero-order chi connectivity index (χ0) is 16.9. The Hall–Kier alpha value is -2.41. The molecule has 0 saturated heterocycles. The van der Waals surface area contributed by atoms with Crippen molar-refractivity contribution in [3.63, 3.8) is 0 Å². The number of para-hydroxylation sites is 2. The van der Waals surface area contributed by atoms with Gasteiger partial charge in [-0.15, -0.1) is 0 Å². The van der Waals surface area contributed by atoms with Gasteiger partial charge in [0.15, 0.2) is 5.03 Å². The summed E-state index contributed by atoms with van der Waals surface area (Å²) in [6, 6.07) is 11.4. The molecule has 1 N–H and O–H groups in total. The number of sulfone groups is 1. The van der Waals surface area contributed by atoms with Gasteiger partial charge < -0.3 is 10.1 Å². The first-order valence-corrected chi connectivity index (χ1v) is 8.69. The number of carbonyl (C=O) groups excluding carboxylic acids is 1. The van der Waals surface area contributed by atoms with Crippen molar-refractivity contribution in [2.24, 2.45) is 0 Å². The lowest BCUT2D eigenvalue weighted by Crippen LogP contribution is -2.33. The van der Waals surface area contributed by atoms with Gasteiger partial charge in [0.1, 0.15) is 11.0 Å². The van der Waals surface area contributed by atoms with E-state index in [1.807, 2.05) is 6.92 Å². The van der Waals surface area contributed by atoms with Crippen molar-refractivity contribution in [2.75, 3.05) is 11.9 Å². The summed E-state index contributed by atoms with van der Waals surface area (Å²) in [5.74, 6) is -0.145. The third kappa shape index (κ3) is 3.87. The van der Waals surface area contributed by atoms with Gasteiger partial charge in [-0.05, 0) is 38.1 Å². The van der Waals surface area contributed by atoms with Gasteiger partial charge in [-0.2, -0.15) is 0 Å². The average Bonchev–Trinajstić information content (AvgIpc) is 2.57. The van der Waals surface area contributed by atoms with Crippen LogP contribution < -0.4 is 10.1 Å². The van der Waals surface area contributed by atoms with E-state index in [0.717, 1.165) is 0 Å². The second kappa shape index (κ2) is 7.23. The number of carbonyl (C=O) groups is 1. The van der Waals surface area contributed by atoms with E-state index in [1.54, 1.807) is 36.4 Å². The number of amides is 1. The van der Waals surface area contributed by atoms with Gasteiger partial charge in [-0.25, -0.2) is 13.4 Å². The van der Waals surface area contributed by atoms with Crippen LogP contribution in [-0.2, 0) is 14.6 Å². The summed E-state index contributed by atoms with van der Waals surface area (Å²) in [5.41, 5.74) is 0.433. The molecule has 6 nitrogen and oxygen atoms in total. The van der Waals surface area contributed by atoms with E-state index in [1.165, 1.54) is 19.2 Å². The number of anilines is 1. The minimum atomic E-state index is -3.85. The molecule has 1 amide bonds. The van der Waals surface area contributed by atoms with E-state index in [4.69, 9.17) is 4.74 Å². The summed E-state index contributed by atoms with van der Waals surface area (Å²) in [6.07, 6.45) is 1.38. The molecule has 23 heavy (non-hydrogen) atoms. The van der Waals surface area contributed by atoms with E-state index in [2.05, 4.69) is 10.3 Å². The van der Waals surface area contributed by atoms with Crippen LogP contribution >= 0.6 is 0 Å². The predicted molar refractivity (Wildman–Crippen MR) is 87.1 cm³/mol. The minimum absolute atomic E-state index is 0.124. The van der Waals surface area contributed by atoms with E-state index < -0.39 is 21.0 Å². The van der Waals surface area contributed by atoms with Crippen LogP contribution in [0.4, 0.5) is 5.69 Å². The number of nitrogens with one attached hydrogen (secondary N) is 1. The third-order valence-electron chi connectivity index (χ3n) is 3.21. The van der Waals surface area contributed by atoms with Crippen LogP contribution in [0.5, 0.6) is 5.75 Å². The van der Waals surface area contributed by atoms with Gasteiger partial charge in [-0.1, -0.05) is 18.2 Å². The first kappa shape index (κ1) is 17.0. The monoisotopic (exact) mass is 334 g/mol. The van der Waals surface area contributed by atoms with Gasteiger partial charge in [-0.3, -0.25) is 4.79 Å². The lowest BCUT2D eigenvalue weighted by molar-refractivity contribution is -0.115. The molecular formula is C16H18N2O4S. The van der Waals surface area contributed by atoms with Gasteiger partial charge in [0, 0.05) is 6.20 Å². The fourth-order valence-electron chi connectivity index (χ4n) is 1.92. The lowest BCUT2D eigenvalue weighted by Gasteiger charge is -2.15. The number of ether oxygens (including phenoxy) is 1. The molecule has 0 unspecified atom stereocenters. The van der Waals surface area contributed by atoms with Crippen LogP contribution in [0.2, 0.25) is 0 Å². The zero-order valence-corrected chi connectivity index (χ0v) is 13.7. The predicted octanol–water partition coefficient (Wildman–Crippen LogP) is 2.28. The fraction of sp³-hybridized carbons (Fsp3) is 0.250. The van der Waals surface area contributed by atoms with Crippen LogP contribution in [0.15, 0.2) is 53.7 Å². The molecule has 0 fully saturated rings. The van der Waals surface area contributed by atoms with E-state index in [9.17, 15) is 13.2 Å². The minimum Gasteiger partial charge on any atom is -0.492 e. The van der Waals surface area contributed by atoms with Crippen LogP contribution in [-0.4, -0.2) is 31.2 Å². The molecule has 0 saturated carbocycles. The van der Waals surface area contributed by atoms with Crippen LogP contribution in [0.1, 0.15) is 13.8 Å². The van der Waals surface area contributed by atoms with Crippen molar-refractivity contribution in [3.8, 4) is 5.75 Å². The summed E-state index contributed by atoms with van der Waals surface area (Å²) in [4.78, 5) is 16.1. The maximum Gasteiger partial charge on any atom is 0.242 e. The first-order chi connectivity index (χ1) is 11.0. The Morgan fingerprint density at radius 3 is 2.57 bits per heavy atom. The second-order valence-corrected chi connectivity index (χ2v) is 6.99. The highest BCUT2D eigenvalue weighted by molar-refractivity contribution is 7.92. The first-order valence-electron chi connectivity index (χ1n) is 7.14. The summed E-state index contributed by atoms with van der Waals surface area (Å²) < 4.78 is 30.3. The van der Waals surface area contributed by atoms with E-state index >= 15 is 0 Å². The molecule has 7 heteroatoms. The Bertz CT molecular complexity index is 776. The standard InChI is InChI=1S/C16H18N2O4S/c1-3-22-14-9-5-4-8-13(14)18-16(19)12(2)23(20,21)15-10-6-7-11-17-15/h4-12H,3H2,1-2H3,(H,18,19)/t12-/m1/s1. The van der Waals surface area contributed by atoms with Crippen molar-refractivity contribution in [3.05, 3.63) is 48.7 Å². The number of hydrogen-bond donors (Lipinski definition) is 1. The molecule has 2 rings (SSSR count). The van der Waals surface area contributed by atoms with Crippen molar-refractivity contribution in [1.82, 2.24) is 4.98 Å². The molecule has 1 atom stereocenters. The Labute approximate surface area is 135 Å². The molecule has 0 radical (unpaired) electrons. The number of aromatic nitrogens is 1. The molecule has 0 bridgehead atoms. The average molecular weight is 334 g/mol. The number of nitrogens with zero attached hydrogens (tertiary/aromatic N) is 1. The highest BCUT2D eigenvalue weighted by Gasteiger charge is 2.31. The highest BCUT2D eigenvalue weighted by Crippen LogP contribution is 2.24.